The molecule has 2 N–H and O–H groups in total. The average Bonchev–Trinajstić information content (AvgIpc) is 2.91. The van der Waals surface area contributed by atoms with Crippen molar-refractivity contribution in [1.82, 2.24) is 14.9 Å². The largest absolute Gasteiger partial charge is 0.391 e. The first-order chi connectivity index (χ1) is 11.9. The number of nitrogens with one attached hydrogen (secondary N) is 1. The van der Waals surface area contributed by atoms with Gasteiger partial charge in [0.1, 0.15) is 5.82 Å². The second kappa shape index (κ2) is 7.38. The van der Waals surface area contributed by atoms with Crippen LogP contribution in [0, 0.1) is 0 Å². The minimum absolute atomic E-state index is 0.00878. The fourth-order valence-corrected chi connectivity index (χ4v) is 2.93. The van der Waals surface area contributed by atoms with Gasteiger partial charge in [-0.2, -0.15) is 0 Å². The first-order valence-electron chi connectivity index (χ1n) is 8.83. The molecule has 0 aliphatic rings. The lowest BCUT2D eigenvalue weighted by atomic mass is 10.1. The summed E-state index contributed by atoms with van der Waals surface area (Å²) < 4.78 is 2.21. The number of hydrogen-bond donors (Lipinski definition) is 2. The van der Waals surface area contributed by atoms with Crippen LogP contribution in [-0.4, -0.2) is 32.8 Å². The predicted molar refractivity (Wildman–Crippen MR) is 103 cm³/mol. The normalized spacial score (nSPS) is 13.3. The highest BCUT2D eigenvalue weighted by molar-refractivity contribution is 5.76. The van der Waals surface area contributed by atoms with Gasteiger partial charge in [0.15, 0.2) is 0 Å². The number of benzene rings is 2. The van der Waals surface area contributed by atoms with Gasteiger partial charge in [0.25, 0.3) is 0 Å². The van der Waals surface area contributed by atoms with Crippen molar-refractivity contribution in [1.29, 1.82) is 0 Å². The van der Waals surface area contributed by atoms with Crippen molar-refractivity contribution in [3.05, 3.63) is 66.0 Å². The Morgan fingerprint density at radius 3 is 2.44 bits per heavy atom. The standard InChI is InChI=1S/C21H27N3O/c1-21(2,3)22-14-17(25)13-20-23-18-11-7-8-12-19(18)24(20)15-16-9-5-4-6-10-16/h4-12,17,22,25H,13-15H2,1-3H3/t17-/m1/s1. The highest BCUT2D eigenvalue weighted by atomic mass is 16.3. The number of rotatable bonds is 6. The lowest BCUT2D eigenvalue weighted by Crippen LogP contribution is -2.41. The van der Waals surface area contributed by atoms with Crippen LogP contribution in [0.1, 0.15) is 32.2 Å². The lowest BCUT2D eigenvalue weighted by molar-refractivity contribution is 0.158. The molecule has 132 valence electrons. The third-order valence-corrected chi connectivity index (χ3v) is 4.20. The molecule has 0 fully saturated rings. The van der Waals surface area contributed by atoms with Gasteiger partial charge in [-0.15, -0.1) is 0 Å². The number of aliphatic hydroxyl groups is 1. The molecule has 0 aliphatic carbocycles. The predicted octanol–water partition coefficient (Wildman–Crippen LogP) is 3.38. The number of imidazole rings is 1. The average molecular weight is 337 g/mol. The summed E-state index contributed by atoms with van der Waals surface area (Å²) in [4.78, 5) is 4.77. The van der Waals surface area contributed by atoms with Gasteiger partial charge < -0.3 is 15.0 Å². The maximum Gasteiger partial charge on any atom is 0.112 e. The minimum atomic E-state index is -0.467. The number of nitrogens with zero attached hydrogens (tertiary/aromatic N) is 2. The molecule has 0 aliphatic heterocycles. The molecule has 4 nitrogen and oxygen atoms in total. The number of hydrogen-bond acceptors (Lipinski definition) is 3. The van der Waals surface area contributed by atoms with Crippen molar-refractivity contribution in [2.45, 2.75) is 45.4 Å². The van der Waals surface area contributed by atoms with E-state index in [1.54, 1.807) is 0 Å². The van der Waals surface area contributed by atoms with Crippen LogP contribution in [0.5, 0.6) is 0 Å². The first-order valence-corrected chi connectivity index (χ1v) is 8.83. The molecule has 0 saturated carbocycles. The Morgan fingerprint density at radius 1 is 1.04 bits per heavy atom. The van der Waals surface area contributed by atoms with E-state index in [0.29, 0.717) is 13.0 Å². The molecule has 1 aromatic heterocycles. The zero-order valence-corrected chi connectivity index (χ0v) is 15.2. The van der Waals surface area contributed by atoms with E-state index in [-0.39, 0.29) is 5.54 Å². The fourth-order valence-electron chi connectivity index (χ4n) is 2.93. The van der Waals surface area contributed by atoms with E-state index in [0.717, 1.165) is 23.4 Å². The summed E-state index contributed by atoms with van der Waals surface area (Å²) in [5, 5.41) is 13.8. The maximum atomic E-state index is 10.5. The molecule has 1 atom stereocenters. The van der Waals surface area contributed by atoms with Crippen molar-refractivity contribution in [2.24, 2.45) is 0 Å². The smallest absolute Gasteiger partial charge is 0.112 e. The Morgan fingerprint density at radius 2 is 1.72 bits per heavy atom. The van der Waals surface area contributed by atoms with Crippen molar-refractivity contribution >= 4 is 11.0 Å². The monoisotopic (exact) mass is 337 g/mol. The second-order valence-corrected chi connectivity index (χ2v) is 7.58. The summed E-state index contributed by atoms with van der Waals surface area (Å²) in [7, 11) is 0. The number of β-amino-alcohol motifs (C(OH)–C–C–N with tert-alkyl or cyclic N) is 1. The lowest BCUT2D eigenvalue weighted by Gasteiger charge is -2.23. The summed E-state index contributed by atoms with van der Waals surface area (Å²) in [5.74, 6) is 0.924. The van der Waals surface area contributed by atoms with Crippen LogP contribution >= 0.6 is 0 Å². The Kier molecular flexibility index (Phi) is 5.21. The van der Waals surface area contributed by atoms with Gasteiger partial charge in [-0.25, -0.2) is 4.98 Å². The third kappa shape index (κ3) is 4.68. The quantitative estimate of drug-likeness (QED) is 0.725. The van der Waals surface area contributed by atoms with Gasteiger partial charge in [0, 0.05) is 25.0 Å². The molecule has 2 aromatic carbocycles. The van der Waals surface area contributed by atoms with Crippen molar-refractivity contribution < 1.29 is 5.11 Å². The van der Waals surface area contributed by atoms with Gasteiger partial charge in [0.05, 0.1) is 17.1 Å². The third-order valence-electron chi connectivity index (χ3n) is 4.20. The van der Waals surface area contributed by atoms with Gasteiger partial charge >= 0.3 is 0 Å². The number of aliphatic hydroxyl groups excluding tert-OH is 1. The van der Waals surface area contributed by atoms with Crippen LogP contribution in [-0.2, 0) is 13.0 Å². The molecule has 1 heterocycles. The maximum absolute atomic E-state index is 10.5. The molecule has 0 spiro atoms. The van der Waals surface area contributed by atoms with Crippen LogP contribution in [0.4, 0.5) is 0 Å². The van der Waals surface area contributed by atoms with Gasteiger partial charge in [0.2, 0.25) is 0 Å². The molecular formula is C21H27N3O. The Bertz CT molecular complexity index is 818. The van der Waals surface area contributed by atoms with Crippen molar-refractivity contribution in [3.63, 3.8) is 0 Å². The molecular weight excluding hydrogens is 310 g/mol. The van der Waals surface area contributed by atoms with E-state index in [4.69, 9.17) is 4.98 Å². The van der Waals surface area contributed by atoms with Crippen LogP contribution in [0.15, 0.2) is 54.6 Å². The number of fused-ring (bicyclic) bond motifs is 1. The molecule has 3 aromatic rings. The van der Waals surface area contributed by atoms with Crippen molar-refractivity contribution in [3.8, 4) is 0 Å². The SMILES string of the molecule is CC(C)(C)NC[C@H](O)Cc1nc2ccccc2n1Cc1ccccc1. The Balaban J connectivity index is 1.85. The van der Waals surface area contributed by atoms with Crippen molar-refractivity contribution in [2.75, 3.05) is 6.54 Å². The molecule has 0 amide bonds. The van der Waals surface area contributed by atoms with Gasteiger partial charge in [-0.05, 0) is 38.5 Å². The molecule has 25 heavy (non-hydrogen) atoms. The highest BCUT2D eigenvalue weighted by Gasteiger charge is 2.17. The van der Waals surface area contributed by atoms with E-state index in [9.17, 15) is 5.11 Å². The molecule has 0 bridgehead atoms. The van der Waals surface area contributed by atoms with E-state index in [1.165, 1.54) is 5.56 Å². The van der Waals surface area contributed by atoms with E-state index in [2.05, 4.69) is 61.0 Å². The molecule has 3 rings (SSSR count). The summed E-state index contributed by atoms with van der Waals surface area (Å²) >= 11 is 0. The van der Waals surface area contributed by atoms with Crippen LogP contribution in [0.25, 0.3) is 11.0 Å². The van der Waals surface area contributed by atoms with Gasteiger partial charge in [-0.1, -0.05) is 42.5 Å². The second-order valence-electron chi connectivity index (χ2n) is 7.58. The van der Waals surface area contributed by atoms with E-state index < -0.39 is 6.10 Å². The van der Waals surface area contributed by atoms with E-state index in [1.807, 2.05) is 24.3 Å². The highest BCUT2D eigenvalue weighted by Crippen LogP contribution is 2.19. The summed E-state index contributed by atoms with van der Waals surface area (Å²) in [5.41, 5.74) is 3.31. The molecule has 4 heteroatoms. The fraction of sp³-hybridized carbons (Fsp3) is 0.381. The summed E-state index contributed by atoms with van der Waals surface area (Å²) in [6.45, 7) is 7.62. The van der Waals surface area contributed by atoms with Crippen LogP contribution < -0.4 is 5.32 Å². The molecule has 0 radical (unpaired) electrons. The van der Waals surface area contributed by atoms with E-state index >= 15 is 0 Å². The summed E-state index contributed by atoms with van der Waals surface area (Å²) in [6, 6.07) is 18.5. The summed E-state index contributed by atoms with van der Waals surface area (Å²) in [6.07, 6.45) is 0.0653. The Hall–Kier alpha value is -2.17. The Labute approximate surface area is 149 Å². The number of aromatic nitrogens is 2. The number of para-hydroxylation sites is 2. The molecule has 0 unspecified atom stereocenters. The topological polar surface area (TPSA) is 50.1 Å². The van der Waals surface area contributed by atoms with Gasteiger partial charge in [-0.3, -0.25) is 0 Å². The molecule has 0 saturated heterocycles. The zero-order valence-electron chi connectivity index (χ0n) is 15.2. The first kappa shape index (κ1) is 17.6. The van der Waals surface area contributed by atoms with Crippen LogP contribution in [0.2, 0.25) is 0 Å². The van der Waals surface area contributed by atoms with Crippen LogP contribution in [0.3, 0.4) is 0 Å². The minimum Gasteiger partial charge on any atom is -0.391 e. The zero-order chi connectivity index (χ0) is 17.9.